The number of ether oxygens (including phenoxy) is 1. The van der Waals surface area contributed by atoms with Crippen LogP contribution in [-0.4, -0.2) is 47.2 Å². The third-order valence-corrected chi connectivity index (χ3v) is 5.05. The van der Waals surface area contributed by atoms with Gasteiger partial charge >= 0.3 is 5.97 Å². The quantitative estimate of drug-likeness (QED) is 0.338. The largest absolute Gasteiger partial charge is 0.466 e. The van der Waals surface area contributed by atoms with Gasteiger partial charge in [0.15, 0.2) is 0 Å². The molecule has 1 heterocycles. The molecule has 0 aliphatic carbocycles. The molecule has 1 amide bonds. The van der Waals surface area contributed by atoms with Crippen LogP contribution in [0.15, 0.2) is 42.5 Å². The number of carbonyl (C=O) groups excluding carboxylic acids is 2. The second-order valence-electron chi connectivity index (χ2n) is 7.30. The smallest absolute Gasteiger partial charge is 0.305 e. The van der Waals surface area contributed by atoms with Crippen molar-refractivity contribution in [1.82, 2.24) is 4.90 Å². The third-order valence-electron chi connectivity index (χ3n) is 5.05. The number of benzene rings is 1. The summed E-state index contributed by atoms with van der Waals surface area (Å²) in [6, 6.07) is 9.99. The molecule has 0 bridgehead atoms. The first-order valence-electron chi connectivity index (χ1n) is 10.5. The van der Waals surface area contributed by atoms with E-state index in [4.69, 9.17) is 4.74 Å². The third kappa shape index (κ3) is 7.85. The Hall–Kier alpha value is -2.14. The van der Waals surface area contributed by atoms with Crippen LogP contribution in [0.1, 0.15) is 57.4 Å². The Morgan fingerprint density at radius 2 is 2.00 bits per heavy atom. The van der Waals surface area contributed by atoms with E-state index < -0.39 is 6.10 Å². The van der Waals surface area contributed by atoms with Gasteiger partial charge in [-0.2, -0.15) is 0 Å². The minimum atomic E-state index is -0.539. The van der Waals surface area contributed by atoms with E-state index in [0.717, 1.165) is 44.2 Å². The predicted molar refractivity (Wildman–Crippen MR) is 110 cm³/mol. The van der Waals surface area contributed by atoms with E-state index in [1.54, 1.807) is 0 Å². The van der Waals surface area contributed by atoms with Crippen molar-refractivity contribution in [3.63, 3.8) is 0 Å². The first kappa shape index (κ1) is 22.2. The maximum Gasteiger partial charge on any atom is 0.305 e. The van der Waals surface area contributed by atoms with E-state index in [1.165, 1.54) is 0 Å². The summed E-state index contributed by atoms with van der Waals surface area (Å²) in [5.74, 6) is 0.0650. The average molecular weight is 388 g/mol. The highest BCUT2D eigenvalue weighted by atomic mass is 16.5. The zero-order valence-electron chi connectivity index (χ0n) is 16.9. The lowest BCUT2D eigenvalue weighted by Gasteiger charge is -2.22. The lowest BCUT2D eigenvalue weighted by molar-refractivity contribution is -0.143. The summed E-state index contributed by atoms with van der Waals surface area (Å²) in [5.41, 5.74) is 1.10. The molecule has 154 valence electrons. The van der Waals surface area contributed by atoms with Gasteiger partial charge in [0, 0.05) is 25.8 Å². The van der Waals surface area contributed by atoms with Crippen LogP contribution >= 0.6 is 0 Å². The summed E-state index contributed by atoms with van der Waals surface area (Å²) in [4.78, 5) is 25.4. The van der Waals surface area contributed by atoms with E-state index in [0.29, 0.717) is 25.9 Å². The Bertz CT molecular complexity index is 629. The molecule has 0 radical (unpaired) electrons. The number of carbonyl (C=O) groups is 2. The maximum absolute atomic E-state index is 12.2. The van der Waals surface area contributed by atoms with Crippen LogP contribution in [0.5, 0.6) is 0 Å². The number of aliphatic hydroxyl groups is 1. The lowest BCUT2D eigenvalue weighted by Crippen LogP contribution is -2.32. The van der Waals surface area contributed by atoms with Crippen molar-refractivity contribution in [2.75, 3.05) is 13.2 Å². The molecule has 2 unspecified atom stereocenters. The number of aliphatic hydroxyl groups excluding tert-OH is 1. The van der Waals surface area contributed by atoms with Gasteiger partial charge in [-0.15, -0.1) is 0 Å². The Morgan fingerprint density at radius 1 is 1.25 bits per heavy atom. The number of amides is 1. The normalized spacial score (nSPS) is 18.0. The molecule has 1 fully saturated rings. The molecular formula is C23H33NO4. The van der Waals surface area contributed by atoms with Crippen molar-refractivity contribution in [1.29, 1.82) is 0 Å². The summed E-state index contributed by atoms with van der Waals surface area (Å²) in [7, 11) is 0. The van der Waals surface area contributed by atoms with Crippen LogP contribution in [0.25, 0.3) is 0 Å². The average Bonchev–Trinajstić information content (AvgIpc) is 3.03. The molecule has 1 saturated heterocycles. The van der Waals surface area contributed by atoms with E-state index >= 15 is 0 Å². The van der Waals surface area contributed by atoms with Gasteiger partial charge in [-0.25, -0.2) is 0 Å². The number of unbranched alkanes of at least 4 members (excludes halogenated alkanes) is 3. The summed E-state index contributed by atoms with van der Waals surface area (Å²) < 4.78 is 4.92. The van der Waals surface area contributed by atoms with Crippen LogP contribution in [0.2, 0.25) is 0 Å². The van der Waals surface area contributed by atoms with E-state index in [9.17, 15) is 14.7 Å². The molecule has 1 aromatic carbocycles. The lowest BCUT2D eigenvalue weighted by atomic mass is 10.1. The summed E-state index contributed by atoms with van der Waals surface area (Å²) in [6.45, 7) is 2.99. The second-order valence-corrected chi connectivity index (χ2v) is 7.30. The summed E-state index contributed by atoms with van der Waals surface area (Å²) in [5, 5.41) is 10.2. The molecule has 0 aromatic heterocycles. The zero-order chi connectivity index (χ0) is 20.2. The Balaban J connectivity index is 1.69. The SMILES string of the molecule is CCOC(=O)CCCCCCN1C(=O)CCC1/C=C/C(O)Cc1ccccc1. The Labute approximate surface area is 168 Å². The van der Waals surface area contributed by atoms with Crippen molar-refractivity contribution in [3.05, 3.63) is 48.0 Å². The first-order chi connectivity index (χ1) is 13.6. The summed E-state index contributed by atoms with van der Waals surface area (Å²) in [6.07, 6.45) is 9.45. The van der Waals surface area contributed by atoms with Crippen LogP contribution in [-0.2, 0) is 20.7 Å². The van der Waals surface area contributed by atoms with E-state index in [-0.39, 0.29) is 17.9 Å². The maximum atomic E-state index is 12.2. The number of hydrogen-bond donors (Lipinski definition) is 1. The van der Waals surface area contributed by atoms with E-state index in [2.05, 4.69) is 0 Å². The molecule has 2 rings (SSSR count). The Morgan fingerprint density at radius 3 is 2.75 bits per heavy atom. The molecule has 2 atom stereocenters. The fourth-order valence-electron chi connectivity index (χ4n) is 3.56. The fourth-order valence-corrected chi connectivity index (χ4v) is 3.56. The van der Waals surface area contributed by atoms with E-state index in [1.807, 2.05) is 54.3 Å². The van der Waals surface area contributed by atoms with Gasteiger partial charge < -0.3 is 14.7 Å². The van der Waals surface area contributed by atoms with Crippen LogP contribution < -0.4 is 0 Å². The molecule has 0 saturated carbocycles. The van der Waals surface area contributed by atoms with Gasteiger partial charge in [0.2, 0.25) is 5.91 Å². The van der Waals surface area contributed by atoms with Gasteiger partial charge in [-0.3, -0.25) is 9.59 Å². The fraction of sp³-hybridized carbons (Fsp3) is 0.565. The van der Waals surface area contributed by atoms with Gasteiger partial charge in [0.1, 0.15) is 0 Å². The number of esters is 1. The zero-order valence-corrected chi connectivity index (χ0v) is 16.9. The van der Waals surface area contributed by atoms with Crippen LogP contribution in [0.4, 0.5) is 0 Å². The van der Waals surface area contributed by atoms with Gasteiger partial charge in [0.05, 0.1) is 18.8 Å². The number of rotatable bonds is 12. The van der Waals surface area contributed by atoms with Gasteiger partial charge in [0.25, 0.3) is 0 Å². The standard InChI is InChI=1S/C23H33NO4/c1-2-28-23(27)12-8-3-4-9-17-24-20(14-16-22(24)26)13-15-21(25)18-19-10-6-5-7-11-19/h5-7,10-11,13,15,20-21,25H,2-4,8-9,12,14,16-18H2,1H3/b15-13+. The minimum Gasteiger partial charge on any atom is -0.466 e. The molecule has 1 N–H and O–H groups in total. The molecule has 5 nitrogen and oxygen atoms in total. The van der Waals surface area contributed by atoms with Crippen LogP contribution in [0, 0.1) is 0 Å². The second kappa shape index (κ2) is 12.3. The highest BCUT2D eigenvalue weighted by Crippen LogP contribution is 2.21. The predicted octanol–water partition coefficient (Wildman–Crippen LogP) is 3.65. The number of likely N-dealkylation sites (tertiary alicyclic amines) is 1. The van der Waals surface area contributed by atoms with Crippen molar-refractivity contribution in [2.45, 2.75) is 70.4 Å². The van der Waals surface area contributed by atoms with Crippen LogP contribution in [0.3, 0.4) is 0 Å². The molecule has 1 aliphatic rings. The van der Waals surface area contributed by atoms with Crippen molar-refractivity contribution in [2.24, 2.45) is 0 Å². The molecule has 1 aromatic rings. The van der Waals surface area contributed by atoms with Gasteiger partial charge in [-0.05, 0) is 31.7 Å². The van der Waals surface area contributed by atoms with Crippen molar-refractivity contribution < 1.29 is 19.4 Å². The topological polar surface area (TPSA) is 66.8 Å². The highest BCUT2D eigenvalue weighted by Gasteiger charge is 2.28. The molecule has 28 heavy (non-hydrogen) atoms. The highest BCUT2D eigenvalue weighted by molar-refractivity contribution is 5.79. The van der Waals surface area contributed by atoms with Gasteiger partial charge in [-0.1, -0.05) is 55.3 Å². The first-order valence-corrected chi connectivity index (χ1v) is 10.5. The van der Waals surface area contributed by atoms with Crippen molar-refractivity contribution in [3.8, 4) is 0 Å². The molecule has 0 spiro atoms. The Kier molecular flexibility index (Phi) is 9.77. The number of hydrogen-bond acceptors (Lipinski definition) is 4. The van der Waals surface area contributed by atoms with Crippen molar-refractivity contribution >= 4 is 11.9 Å². The molecule has 5 heteroatoms. The molecular weight excluding hydrogens is 354 g/mol. The number of nitrogens with zero attached hydrogens (tertiary/aromatic N) is 1. The monoisotopic (exact) mass is 387 g/mol. The molecule has 1 aliphatic heterocycles. The minimum absolute atomic E-state index is 0.0810. The summed E-state index contributed by atoms with van der Waals surface area (Å²) >= 11 is 0.